The molecule has 4 aromatic carbocycles. The van der Waals surface area contributed by atoms with Crippen molar-refractivity contribution >= 4 is 23.3 Å². The van der Waals surface area contributed by atoms with Gasteiger partial charge in [-0.05, 0) is 36.4 Å². The van der Waals surface area contributed by atoms with Crippen LogP contribution in [0.2, 0.25) is 0 Å². The number of nitrogens with one attached hydrogen (secondary N) is 2. The number of hydrogen-bond donors (Lipinski definition) is 6. The van der Waals surface area contributed by atoms with Gasteiger partial charge in [0.15, 0.2) is 46.5 Å². The number of hydrogen-bond acceptors (Lipinski definition) is 6. The molecule has 22 heteroatoms. The average Bonchev–Trinajstić information content (AvgIpc) is 3.03. The van der Waals surface area contributed by atoms with Gasteiger partial charge in [-0.3, -0.25) is 0 Å². The van der Waals surface area contributed by atoms with E-state index in [0.29, 0.717) is 0 Å². The van der Waals surface area contributed by atoms with E-state index in [1.54, 1.807) is 0 Å². The molecule has 0 saturated heterocycles. The molecule has 0 heterocycles. The summed E-state index contributed by atoms with van der Waals surface area (Å²) in [6, 6.07) is 5.70. The number of alkyl halides is 6. The molecule has 0 amide bonds. The Labute approximate surface area is 279 Å². The molecule has 52 heavy (non-hydrogen) atoms. The minimum atomic E-state index is -5.64. The van der Waals surface area contributed by atoms with Gasteiger partial charge in [0.05, 0.1) is 0 Å². The monoisotopic (exact) mass is 766 g/mol. The van der Waals surface area contributed by atoms with E-state index in [1.165, 1.54) is 0 Å². The third-order valence-corrected chi connectivity index (χ3v) is 6.67. The number of benzene rings is 4. The zero-order chi connectivity index (χ0) is 39.6. The SMILES string of the molecule is O=C(O)c1cc(NCc2c(F)c(F)c(C(F)(F)F)c(F)c2F)ccc1O.O=C(O)c1cc(NCc2c(F)c(F)c(C(F)(F)F)c(F)c2F)ccc1O. The zero-order valence-electron chi connectivity index (χ0n) is 24.8. The second-order valence-electron chi connectivity index (χ2n) is 10.00. The van der Waals surface area contributed by atoms with E-state index in [2.05, 4.69) is 10.6 Å². The first-order valence-electron chi connectivity index (χ1n) is 13.3. The number of aromatic carboxylic acids is 2. The van der Waals surface area contributed by atoms with Crippen LogP contribution in [-0.2, 0) is 25.4 Å². The molecule has 0 unspecified atom stereocenters. The van der Waals surface area contributed by atoms with E-state index in [1.807, 2.05) is 0 Å². The van der Waals surface area contributed by atoms with E-state index in [0.717, 1.165) is 36.4 Å². The van der Waals surface area contributed by atoms with Crippen LogP contribution in [0.25, 0.3) is 0 Å². The summed E-state index contributed by atoms with van der Waals surface area (Å²) < 4.78 is 184. The van der Waals surface area contributed by atoms with Gasteiger partial charge in [0.2, 0.25) is 0 Å². The van der Waals surface area contributed by atoms with E-state index >= 15 is 0 Å². The van der Waals surface area contributed by atoms with Gasteiger partial charge >= 0.3 is 24.3 Å². The predicted molar refractivity (Wildman–Crippen MR) is 147 cm³/mol. The third-order valence-electron chi connectivity index (χ3n) is 6.67. The standard InChI is InChI=1S/2C15H8F7NO3/c2*16-10-7(11(17)13(19)9(12(10)18)15(20,21)22)4-23-5-1-2-8(24)6(3-5)14(25)26/h2*1-3,23-24H,4H2,(H,25,26). The maximum Gasteiger partial charge on any atom is 0.422 e. The molecule has 0 radical (unpaired) electrons. The molecule has 0 aromatic heterocycles. The lowest BCUT2D eigenvalue weighted by atomic mass is 10.1. The highest BCUT2D eigenvalue weighted by Gasteiger charge is 2.43. The van der Waals surface area contributed by atoms with Crippen LogP contribution >= 0.6 is 0 Å². The number of carbonyl (C=O) groups is 2. The van der Waals surface area contributed by atoms with Crippen LogP contribution in [0.4, 0.5) is 72.8 Å². The Kier molecular flexibility index (Phi) is 11.8. The van der Waals surface area contributed by atoms with E-state index in [4.69, 9.17) is 10.2 Å². The number of carboxylic acid groups (broad SMARTS) is 2. The van der Waals surface area contributed by atoms with Gasteiger partial charge < -0.3 is 31.1 Å². The number of halogens is 14. The zero-order valence-corrected chi connectivity index (χ0v) is 24.8. The number of anilines is 2. The Morgan fingerprint density at radius 1 is 0.500 bits per heavy atom. The predicted octanol–water partition coefficient (Wildman–Crippen LogP) is 8.56. The topological polar surface area (TPSA) is 139 Å². The van der Waals surface area contributed by atoms with Crippen molar-refractivity contribution < 1.29 is 91.5 Å². The van der Waals surface area contributed by atoms with E-state index < -0.39 is 129 Å². The first kappa shape index (κ1) is 40.5. The summed E-state index contributed by atoms with van der Waals surface area (Å²) >= 11 is 0. The second-order valence-corrected chi connectivity index (χ2v) is 10.00. The van der Waals surface area contributed by atoms with Gasteiger partial charge in [0, 0.05) is 35.6 Å². The van der Waals surface area contributed by atoms with Crippen LogP contribution in [0.3, 0.4) is 0 Å². The molecule has 0 aliphatic rings. The highest BCUT2D eigenvalue weighted by atomic mass is 19.4. The molecule has 4 rings (SSSR count). The minimum absolute atomic E-state index is 0.125. The highest BCUT2D eigenvalue weighted by molar-refractivity contribution is 5.92. The molecule has 8 nitrogen and oxygen atoms in total. The lowest BCUT2D eigenvalue weighted by molar-refractivity contribution is -0.144. The maximum atomic E-state index is 13.8. The summed E-state index contributed by atoms with van der Waals surface area (Å²) in [7, 11) is 0. The quantitative estimate of drug-likeness (QED) is 0.0596. The largest absolute Gasteiger partial charge is 0.507 e. The third kappa shape index (κ3) is 8.49. The lowest BCUT2D eigenvalue weighted by Crippen LogP contribution is -2.18. The maximum absolute atomic E-state index is 13.8. The Morgan fingerprint density at radius 3 is 1.00 bits per heavy atom. The number of phenols is 2. The smallest absolute Gasteiger partial charge is 0.422 e. The molecule has 0 aliphatic heterocycles. The molecular weight excluding hydrogens is 750 g/mol. The average molecular weight is 766 g/mol. The van der Waals surface area contributed by atoms with Crippen molar-refractivity contribution in [3.05, 3.63) is 116 Å². The number of rotatable bonds is 8. The van der Waals surface area contributed by atoms with Crippen molar-refractivity contribution in [1.29, 1.82) is 0 Å². The van der Waals surface area contributed by atoms with Crippen LogP contribution in [0.1, 0.15) is 43.0 Å². The molecular formula is C30H16F14N2O6. The molecule has 0 atom stereocenters. The van der Waals surface area contributed by atoms with Crippen molar-refractivity contribution in [3.8, 4) is 11.5 Å². The Bertz CT molecular complexity index is 1850. The summed E-state index contributed by atoms with van der Waals surface area (Å²) in [5.74, 6) is -23.6. The summed E-state index contributed by atoms with van der Waals surface area (Å²) in [6.45, 7) is -1.99. The van der Waals surface area contributed by atoms with Crippen LogP contribution in [0, 0.1) is 46.5 Å². The summed E-state index contributed by atoms with van der Waals surface area (Å²) in [6.07, 6.45) is -11.3. The lowest BCUT2D eigenvalue weighted by Gasteiger charge is -2.15. The molecule has 0 bridgehead atoms. The van der Waals surface area contributed by atoms with Crippen LogP contribution < -0.4 is 10.6 Å². The molecule has 0 spiro atoms. The fraction of sp³-hybridized carbons (Fsp3) is 0.133. The van der Waals surface area contributed by atoms with Crippen molar-refractivity contribution in [2.75, 3.05) is 10.6 Å². The molecule has 4 aromatic rings. The van der Waals surface area contributed by atoms with Gasteiger partial charge in [0.1, 0.15) is 33.8 Å². The fourth-order valence-electron chi connectivity index (χ4n) is 4.18. The Balaban J connectivity index is 0.000000280. The first-order chi connectivity index (χ1) is 23.9. The van der Waals surface area contributed by atoms with Crippen molar-refractivity contribution in [2.24, 2.45) is 0 Å². The molecule has 280 valence electrons. The van der Waals surface area contributed by atoms with E-state index in [-0.39, 0.29) is 11.4 Å². The molecule has 0 aliphatic carbocycles. The number of aromatic hydroxyl groups is 2. The Hall–Kier alpha value is -5.96. The van der Waals surface area contributed by atoms with Gasteiger partial charge in [-0.2, -0.15) is 26.3 Å². The summed E-state index contributed by atoms with van der Waals surface area (Å²) in [5, 5.41) is 40.7. The van der Waals surface area contributed by atoms with Crippen LogP contribution in [-0.4, -0.2) is 32.4 Å². The van der Waals surface area contributed by atoms with Gasteiger partial charge in [0.25, 0.3) is 0 Å². The fourth-order valence-corrected chi connectivity index (χ4v) is 4.18. The molecule has 0 fully saturated rings. The second kappa shape index (κ2) is 15.1. The van der Waals surface area contributed by atoms with Crippen molar-refractivity contribution in [1.82, 2.24) is 0 Å². The highest BCUT2D eigenvalue weighted by Crippen LogP contribution is 2.38. The summed E-state index contributed by atoms with van der Waals surface area (Å²) in [5.41, 5.74) is -9.49. The van der Waals surface area contributed by atoms with Crippen molar-refractivity contribution in [2.45, 2.75) is 25.4 Å². The van der Waals surface area contributed by atoms with Gasteiger partial charge in [-0.1, -0.05) is 0 Å². The van der Waals surface area contributed by atoms with Crippen molar-refractivity contribution in [3.63, 3.8) is 0 Å². The molecule has 0 saturated carbocycles. The van der Waals surface area contributed by atoms with Gasteiger partial charge in [-0.25, -0.2) is 44.7 Å². The van der Waals surface area contributed by atoms with Crippen LogP contribution in [0.15, 0.2) is 36.4 Å². The molecule has 6 N–H and O–H groups in total. The normalized spacial score (nSPS) is 11.5. The Morgan fingerprint density at radius 2 is 0.769 bits per heavy atom. The number of carboxylic acids is 2. The minimum Gasteiger partial charge on any atom is -0.507 e. The van der Waals surface area contributed by atoms with Gasteiger partial charge in [-0.15, -0.1) is 0 Å². The summed E-state index contributed by atoms with van der Waals surface area (Å²) in [4.78, 5) is 21.7. The van der Waals surface area contributed by atoms with E-state index in [9.17, 15) is 81.3 Å². The van der Waals surface area contributed by atoms with Crippen LogP contribution in [0.5, 0.6) is 11.5 Å². The first-order valence-corrected chi connectivity index (χ1v) is 13.3.